The van der Waals surface area contributed by atoms with Gasteiger partial charge < -0.3 is 10.1 Å². The third-order valence-corrected chi connectivity index (χ3v) is 4.50. The van der Waals surface area contributed by atoms with Crippen LogP contribution in [0.25, 0.3) is 0 Å². The predicted octanol–water partition coefficient (Wildman–Crippen LogP) is 4.56. The highest BCUT2D eigenvalue weighted by molar-refractivity contribution is 7.11. The molecule has 1 aliphatic carbocycles. The Morgan fingerprint density at radius 3 is 2.83 bits per heavy atom. The minimum Gasteiger partial charge on any atom is -0.431 e. The highest BCUT2D eigenvalue weighted by atomic mass is 32.1. The third kappa shape index (κ3) is 4.66. The molecule has 3 rings (SSSR count). The molecule has 0 saturated heterocycles. The van der Waals surface area contributed by atoms with Crippen molar-refractivity contribution in [3.05, 3.63) is 53.1 Å². The van der Waals surface area contributed by atoms with Crippen LogP contribution in [0.3, 0.4) is 0 Å². The predicted molar refractivity (Wildman–Crippen MR) is 92.1 cm³/mol. The molecule has 1 aromatic heterocycles. The molecule has 23 heavy (non-hydrogen) atoms. The van der Waals surface area contributed by atoms with Crippen molar-refractivity contribution in [3.8, 4) is 10.9 Å². The van der Waals surface area contributed by atoms with Gasteiger partial charge in [0.05, 0.1) is 0 Å². The van der Waals surface area contributed by atoms with Crippen LogP contribution in [0.15, 0.2) is 47.5 Å². The molecule has 1 N–H and O–H groups in total. The van der Waals surface area contributed by atoms with Gasteiger partial charge in [0.1, 0.15) is 5.75 Å². The summed E-state index contributed by atoms with van der Waals surface area (Å²) in [5.74, 6) is 0.645. The van der Waals surface area contributed by atoms with Crippen LogP contribution >= 0.6 is 11.3 Å². The fourth-order valence-corrected chi connectivity index (χ4v) is 3.11. The number of thiazole rings is 1. The van der Waals surface area contributed by atoms with Gasteiger partial charge in [-0.05, 0) is 56.4 Å². The van der Waals surface area contributed by atoms with E-state index >= 15 is 0 Å². The van der Waals surface area contributed by atoms with E-state index in [4.69, 9.17) is 4.74 Å². The van der Waals surface area contributed by atoms with Gasteiger partial charge in [-0.1, -0.05) is 23.0 Å². The fourth-order valence-electron chi connectivity index (χ4n) is 2.61. The van der Waals surface area contributed by atoms with Crippen LogP contribution in [0.2, 0.25) is 0 Å². The highest BCUT2D eigenvalue weighted by Crippen LogP contribution is 2.23. The van der Waals surface area contributed by atoms with Crippen LogP contribution in [0.4, 0.5) is 0 Å². The van der Waals surface area contributed by atoms with Gasteiger partial charge in [-0.3, -0.25) is 4.79 Å². The lowest BCUT2D eigenvalue weighted by Crippen LogP contribution is -2.24. The summed E-state index contributed by atoms with van der Waals surface area (Å²) in [5.41, 5.74) is 2.12. The quantitative estimate of drug-likeness (QED) is 0.791. The zero-order chi connectivity index (χ0) is 15.9. The van der Waals surface area contributed by atoms with Crippen molar-refractivity contribution in [1.29, 1.82) is 0 Å². The summed E-state index contributed by atoms with van der Waals surface area (Å²) >= 11 is 1.43. The zero-order valence-electron chi connectivity index (χ0n) is 13.0. The number of hydrogen-bond acceptors (Lipinski definition) is 4. The summed E-state index contributed by atoms with van der Waals surface area (Å²) in [6.07, 6.45) is 9.91. The average molecular weight is 328 g/mol. The van der Waals surface area contributed by atoms with Gasteiger partial charge in [0.25, 0.3) is 11.1 Å². The monoisotopic (exact) mass is 328 g/mol. The van der Waals surface area contributed by atoms with Crippen molar-refractivity contribution >= 4 is 17.2 Å². The lowest BCUT2D eigenvalue weighted by Gasteiger charge is -2.13. The second-order valence-electron chi connectivity index (χ2n) is 5.54. The van der Waals surface area contributed by atoms with Gasteiger partial charge in [-0.25, -0.2) is 4.98 Å². The first kappa shape index (κ1) is 15.7. The number of benzene rings is 1. The smallest absolute Gasteiger partial charge is 0.278 e. The van der Waals surface area contributed by atoms with E-state index in [0.29, 0.717) is 23.1 Å². The van der Waals surface area contributed by atoms with Crippen LogP contribution in [0.5, 0.6) is 10.9 Å². The normalized spacial score (nSPS) is 14.2. The second kappa shape index (κ2) is 7.92. The number of rotatable bonds is 6. The Bertz CT molecular complexity index is 663. The SMILES string of the molecule is O=C(NCCC1=CCCCC1)c1ccc(Oc2nccs2)cc1. The Balaban J connectivity index is 1.48. The molecule has 0 fully saturated rings. The summed E-state index contributed by atoms with van der Waals surface area (Å²) in [7, 11) is 0. The van der Waals surface area contributed by atoms with Gasteiger partial charge in [0.2, 0.25) is 0 Å². The van der Waals surface area contributed by atoms with E-state index in [-0.39, 0.29) is 5.91 Å². The summed E-state index contributed by atoms with van der Waals surface area (Å²) in [6.45, 7) is 0.696. The van der Waals surface area contributed by atoms with Gasteiger partial charge in [-0.2, -0.15) is 0 Å². The summed E-state index contributed by atoms with van der Waals surface area (Å²) < 4.78 is 5.58. The van der Waals surface area contributed by atoms with Crippen molar-refractivity contribution in [1.82, 2.24) is 10.3 Å². The molecule has 2 aromatic rings. The lowest BCUT2D eigenvalue weighted by atomic mass is 9.97. The maximum atomic E-state index is 12.1. The Hall–Kier alpha value is -2.14. The minimum atomic E-state index is -0.0396. The van der Waals surface area contributed by atoms with Gasteiger partial charge >= 0.3 is 0 Å². The Morgan fingerprint density at radius 1 is 1.26 bits per heavy atom. The molecular weight excluding hydrogens is 308 g/mol. The Labute approximate surface area is 140 Å². The number of carbonyl (C=O) groups is 1. The van der Waals surface area contributed by atoms with Gasteiger partial charge in [0.15, 0.2) is 0 Å². The van der Waals surface area contributed by atoms with Gasteiger partial charge in [-0.15, -0.1) is 0 Å². The van der Waals surface area contributed by atoms with Crippen molar-refractivity contribution in [2.45, 2.75) is 32.1 Å². The maximum Gasteiger partial charge on any atom is 0.278 e. The van der Waals surface area contributed by atoms with Gasteiger partial charge in [0, 0.05) is 23.7 Å². The van der Waals surface area contributed by atoms with Crippen LogP contribution in [-0.2, 0) is 0 Å². The fraction of sp³-hybridized carbons (Fsp3) is 0.333. The summed E-state index contributed by atoms with van der Waals surface area (Å²) in [4.78, 5) is 16.2. The van der Waals surface area contributed by atoms with Crippen molar-refractivity contribution in [2.24, 2.45) is 0 Å². The molecule has 0 bridgehead atoms. The summed E-state index contributed by atoms with van der Waals surface area (Å²) in [5, 5.41) is 5.44. The first-order valence-electron chi connectivity index (χ1n) is 7.95. The molecule has 0 unspecified atom stereocenters. The van der Waals surface area contributed by atoms with Crippen LogP contribution in [0, 0.1) is 0 Å². The van der Waals surface area contributed by atoms with E-state index in [1.807, 2.05) is 5.38 Å². The van der Waals surface area contributed by atoms with Crippen molar-refractivity contribution in [2.75, 3.05) is 6.54 Å². The number of aromatic nitrogens is 1. The van der Waals surface area contributed by atoms with E-state index in [0.717, 1.165) is 6.42 Å². The third-order valence-electron chi connectivity index (χ3n) is 3.85. The number of amides is 1. The Morgan fingerprint density at radius 2 is 2.13 bits per heavy atom. The number of nitrogens with one attached hydrogen (secondary N) is 1. The van der Waals surface area contributed by atoms with Crippen molar-refractivity contribution in [3.63, 3.8) is 0 Å². The molecule has 1 heterocycles. The number of ether oxygens (including phenoxy) is 1. The van der Waals surface area contributed by atoms with Crippen LogP contribution < -0.4 is 10.1 Å². The van der Waals surface area contributed by atoms with E-state index in [1.165, 1.54) is 42.6 Å². The van der Waals surface area contributed by atoms with Crippen molar-refractivity contribution < 1.29 is 9.53 Å². The molecule has 0 atom stereocenters. The van der Waals surface area contributed by atoms with E-state index in [1.54, 1.807) is 30.5 Å². The molecule has 0 aliphatic heterocycles. The minimum absolute atomic E-state index is 0.0396. The maximum absolute atomic E-state index is 12.1. The van der Waals surface area contributed by atoms with E-state index < -0.39 is 0 Å². The summed E-state index contributed by atoms with van der Waals surface area (Å²) in [6, 6.07) is 7.14. The molecular formula is C18H20N2O2S. The average Bonchev–Trinajstić information content (AvgIpc) is 3.09. The first-order valence-corrected chi connectivity index (χ1v) is 8.83. The van der Waals surface area contributed by atoms with Crippen LogP contribution in [0.1, 0.15) is 42.5 Å². The number of hydrogen-bond donors (Lipinski definition) is 1. The van der Waals surface area contributed by atoms with E-state index in [9.17, 15) is 4.79 Å². The molecule has 0 radical (unpaired) electrons. The number of allylic oxidation sites excluding steroid dienone is 1. The topological polar surface area (TPSA) is 51.2 Å². The standard InChI is InChI=1S/C18H20N2O2S/c21-17(19-11-10-14-4-2-1-3-5-14)15-6-8-16(9-7-15)22-18-20-12-13-23-18/h4,6-9,12-13H,1-3,5,10-11H2,(H,19,21). The molecule has 1 aliphatic rings. The molecule has 1 amide bonds. The molecule has 120 valence electrons. The number of carbonyl (C=O) groups excluding carboxylic acids is 1. The lowest BCUT2D eigenvalue weighted by molar-refractivity contribution is 0.0954. The largest absolute Gasteiger partial charge is 0.431 e. The zero-order valence-corrected chi connectivity index (χ0v) is 13.8. The second-order valence-corrected chi connectivity index (χ2v) is 6.40. The van der Waals surface area contributed by atoms with E-state index in [2.05, 4.69) is 16.4 Å². The molecule has 0 spiro atoms. The number of nitrogens with zero attached hydrogens (tertiary/aromatic N) is 1. The van der Waals surface area contributed by atoms with Crippen LogP contribution in [-0.4, -0.2) is 17.4 Å². The first-order chi connectivity index (χ1) is 11.3. The molecule has 5 heteroatoms. The molecule has 0 saturated carbocycles. The molecule has 4 nitrogen and oxygen atoms in total. The highest BCUT2D eigenvalue weighted by Gasteiger charge is 2.08. The Kier molecular flexibility index (Phi) is 5.42. The molecule has 1 aromatic carbocycles.